The Bertz CT molecular complexity index is 1370. The summed E-state index contributed by atoms with van der Waals surface area (Å²) in [6.45, 7) is 4.60. The highest BCUT2D eigenvalue weighted by molar-refractivity contribution is 6.34. The van der Waals surface area contributed by atoms with E-state index < -0.39 is 0 Å². The van der Waals surface area contributed by atoms with Crippen molar-refractivity contribution in [3.05, 3.63) is 88.5 Å². The Morgan fingerprint density at radius 1 is 1.24 bits per heavy atom. The number of halogens is 1. The van der Waals surface area contributed by atoms with Gasteiger partial charge in [0, 0.05) is 12.5 Å². The number of amides is 1. The predicted molar refractivity (Wildman–Crippen MR) is 131 cm³/mol. The molecule has 9 heteroatoms. The number of imidazole rings is 1. The van der Waals surface area contributed by atoms with Gasteiger partial charge < -0.3 is 10.3 Å². The second kappa shape index (κ2) is 9.23. The molecule has 172 valence electrons. The average molecular weight is 474 g/mol. The first-order valence-corrected chi connectivity index (χ1v) is 11.5. The lowest BCUT2D eigenvalue weighted by Gasteiger charge is -2.24. The zero-order chi connectivity index (χ0) is 23.7. The van der Waals surface area contributed by atoms with Gasteiger partial charge in [0.15, 0.2) is 0 Å². The number of aromatic nitrogens is 6. The van der Waals surface area contributed by atoms with E-state index in [9.17, 15) is 4.79 Å². The number of nitrogens with zero attached hydrogens (tertiary/aromatic N) is 5. The van der Waals surface area contributed by atoms with Crippen LogP contribution in [0.15, 0.2) is 61.0 Å². The van der Waals surface area contributed by atoms with Crippen molar-refractivity contribution in [1.82, 2.24) is 35.5 Å². The first-order chi connectivity index (χ1) is 16.5. The Morgan fingerprint density at radius 3 is 2.82 bits per heavy atom. The molecule has 2 aromatic carbocycles. The van der Waals surface area contributed by atoms with Crippen molar-refractivity contribution in [2.75, 3.05) is 6.54 Å². The van der Waals surface area contributed by atoms with E-state index >= 15 is 0 Å². The highest BCUT2D eigenvalue weighted by Gasteiger charge is 2.26. The summed E-state index contributed by atoms with van der Waals surface area (Å²) in [6.07, 6.45) is 10.8. The number of hydrogen-bond donors (Lipinski definition) is 2. The van der Waals surface area contributed by atoms with Crippen LogP contribution in [0.25, 0.3) is 16.7 Å². The van der Waals surface area contributed by atoms with Gasteiger partial charge >= 0.3 is 0 Å². The average Bonchev–Trinajstić information content (AvgIpc) is 3.50. The summed E-state index contributed by atoms with van der Waals surface area (Å²) >= 11 is 6.42. The molecule has 0 fully saturated rings. The number of allylic oxidation sites excluding steroid dienone is 4. The number of hydrogen-bond acceptors (Lipinski definition) is 5. The number of carbonyl (C=O) groups is 1. The predicted octanol–water partition coefficient (Wildman–Crippen LogP) is 4.45. The second-order valence-electron chi connectivity index (χ2n) is 8.52. The van der Waals surface area contributed by atoms with Crippen molar-refractivity contribution < 1.29 is 4.79 Å². The molecule has 0 bridgehead atoms. The van der Waals surface area contributed by atoms with Crippen LogP contribution in [-0.4, -0.2) is 42.6 Å². The zero-order valence-electron chi connectivity index (χ0n) is 18.9. The molecule has 34 heavy (non-hydrogen) atoms. The van der Waals surface area contributed by atoms with Gasteiger partial charge in [0.25, 0.3) is 5.91 Å². The van der Waals surface area contributed by atoms with Crippen molar-refractivity contribution in [3.63, 3.8) is 0 Å². The number of rotatable bonds is 6. The maximum Gasteiger partial charge on any atom is 0.252 e. The highest BCUT2D eigenvalue weighted by Crippen LogP contribution is 2.31. The molecular weight excluding hydrogens is 450 g/mol. The van der Waals surface area contributed by atoms with E-state index in [4.69, 9.17) is 16.6 Å². The molecule has 0 radical (unpaired) electrons. The minimum absolute atomic E-state index is 0.0163. The van der Waals surface area contributed by atoms with E-state index in [1.54, 1.807) is 18.2 Å². The standard InChI is InChI=1S/C25H24ClN7O/c1-15-10-22-23(11-16(15)2)30-24(29-22)20(17-6-4-3-5-7-17)13-27-25(34)19-9-8-18(12-21(19)26)33-14-28-31-32-33/h3-6,8-12,14,17,20H,7,13H2,1-2H3,(H,27,34)(H,29,30)/t17?,20-/m0/s1. The second-order valence-corrected chi connectivity index (χ2v) is 8.93. The number of aromatic amines is 1. The van der Waals surface area contributed by atoms with Crippen LogP contribution in [0.2, 0.25) is 5.02 Å². The Morgan fingerprint density at radius 2 is 2.09 bits per heavy atom. The van der Waals surface area contributed by atoms with Crippen LogP contribution < -0.4 is 5.32 Å². The SMILES string of the molecule is Cc1cc2nc([C@@H](CNC(=O)c3ccc(-n4cnnn4)cc3Cl)C3C=CC=CC3)[nH]c2cc1C. The van der Waals surface area contributed by atoms with Crippen molar-refractivity contribution >= 4 is 28.5 Å². The third kappa shape index (κ3) is 4.36. The molecule has 2 aromatic heterocycles. The Hall–Kier alpha value is -3.78. The fourth-order valence-corrected chi connectivity index (χ4v) is 4.48. The first-order valence-electron chi connectivity index (χ1n) is 11.1. The largest absolute Gasteiger partial charge is 0.351 e. The molecule has 5 rings (SSSR count). The van der Waals surface area contributed by atoms with Crippen LogP contribution in [0.3, 0.4) is 0 Å². The quantitative estimate of drug-likeness (QED) is 0.430. The molecule has 4 aromatic rings. The van der Waals surface area contributed by atoms with Gasteiger partial charge in [0.05, 0.1) is 27.3 Å². The van der Waals surface area contributed by atoms with Crippen LogP contribution in [0, 0.1) is 19.8 Å². The lowest BCUT2D eigenvalue weighted by molar-refractivity contribution is 0.0949. The number of benzene rings is 2. The Balaban J connectivity index is 1.38. The molecular formula is C25H24ClN7O. The number of fused-ring (bicyclic) bond motifs is 1. The molecule has 2 heterocycles. The van der Waals surface area contributed by atoms with Gasteiger partial charge in [-0.25, -0.2) is 9.67 Å². The Kier molecular flexibility index (Phi) is 5.98. The van der Waals surface area contributed by atoms with E-state index in [1.807, 2.05) is 6.08 Å². The summed E-state index contributed by atoms with van der Waals surface area (Å²) in [7, 11) is 0. The summed E-state index contributed by atoms with van der Waals surface area (Å²) in [5.41, 5.74) is 5.43. The van der Waals surface area contributed by atoms with Gasteiger partial charge in [-0.05, 0) is 78.1 Å². The van der Waals surface area contributed by atoms with E-state index in [0.29, 0.717) is 22.8 Å². The maximum atomic E-state index is 13.0. The zero-order valence-corrected chi connectivity index (χ0v) is 19.6. The molecule has 1 aliphatic rings. The molecule has 1 unspecified atom stereocenters. The van der Waals surface area contributed by atoms with Gasteiger partial charge in [0.1, 0.15) is 12.2 Å². The molecule has 0 saturated carbocycles. The summed E-state index contributed by atoms with van der Waals surface area (Å²) in [5.74, 6) is 0.824. The van der Waals surface area contributed by atoms with Gasteiger partial charge in [-0.2, -0.15) is 0 Å². The molecule has 2 atom stereocenters. The molecule has 1 aliphatic carbocycles. The van der Waals surface area contributed by atoms with Gasteiger partial charge in [-0.15, -0.1) is 5.10 Å². The smallest absolute Gasteiger partial charge is 0.252 e. The van der Waals surface area contributed by atoms with Crippen LogP contribution in [0.4, 0.5) is 0 Å². The van der Waals surface area contributed by atoms with Crippen molar-refractivity contribution in [1.29, 1.82) is 0 Å². The van der Waals surface area contributed by atoms with E-state index in [2.05, 4.69) is 70.0 Å². The molecule has 2 N–H and O–H groups in total. The highest BCUT2D eigenvalue weighted by atomic mass is 35.5. The van der Waals surface area contributed by atoms with Gasteiger partial charge in [-0.3, -0.25) is 4.79 Å². The number of carbonyl (C=O) groups excluding carboxylic acids is 1. The number of H-pyrrole nitrogens is 1. The van der Waals surface area contributed by atoms with Crippen molar-refractivity contribution in [2.24, 2.45) is 5.92 Å². The van der Waals surface area contributed by atoms with Crippen LogP contribution >= 0.6 is 11.6 Å². The van der Waals surface area contributed by atoms with Gasteiger partial charge in [-0.1, -0.05) is 35.9 Å². The molecule has 0 aliphatic heterocycles. The summed E-state index contributed by atoms with van der Waals surface area (Å²) in [6, 6.07) is 9.33. The third-order valence-electron chi connectivity index (χ3n) is 6.29. The van der Waals surface area contributed by atoms with Crippen LogP contribution in [-0.2, 0) is 0 Å². The molecule has 0 spiro atoms. The summed E-state index contributed by atoms with van der Waals surface area (Å²) in [5, 5.41) is 14.5. The minimum atomic E-state index is -0.239. The number of aryl methyl sites for hydroxylation is 2. The van der Waals surface area contributed by atoms with Crippen LogP contribution in [0.5, 0.6) is 0 Å². The summed E-state index contributed by atoms with van der Waals surface area (Å²) in [4.78, 5) is 21.4. The maximum absolute atomic E-state index is 13.0. The molecule has 0 saturated heterocycles. The minimum Gasteiger partial charge on any atom is -0.351 e. The van der Waals surface area contributed by atoms with E-state index in [0.717, 1.165) is 23.3 Å². The van der Waals surface area contributed by atoms with Gasteiger partial charge in [0.2, 0.25) is 0 Å². The molecule has 1 amide bonds. The Labute approximate surface area is 201 Å². The topological polar surface area (TPSA) is 101 Å². The normalized spacial score (nSPS) is 16.1. The number of nitrogens with one attached hydrogen (secondary N) is 2. The fraction of sp³-hybridized carbons (Fsp3) is 0.240. The lowest BCUT2D eigenvalue weighted by atomic mass is 9.86. The monoisotopic (exact) mass is 473 g/mol. The van der Waals surface area contributed by atoms with Crippen molar-refractivity contribution in [2.45, 2.75) is 26.2 Å². The number of tetrazole rings is 1. The molecule has 8 nitrogen and oxygen atoms in total. The van der Waals surface area contributed by atoms with Crippen molar-refractivity contribution in [3.8, 4) is 5.69 Å². The van der Waals surface area contributed by atoms with Crippen LogP contribution in [0.1, 0.15) is 39.6 Å². The summed E-state index contributed by atoms with van der Waals surface area (Å²) < 4.78 is 1.48. The lowest BCUT2D eigenvalue weighted by Crippen LogP contribution is -2.32. The fourth-order valence-electron chi connectivity index (χ4n) is 4.22. The van der Waals surface area contributed by atoms with E-state index in [-0.39, 0.29) is 17.7 Å². The first kappa shape index (κ1) is 22.0. The third-order valence-corrected chi connectivity index (χ3v) is 6.60. The van der Waals surface area contributed by atoms with E-state index in [1.165, 1.54) is 22.1 Å².